The highest BCUT2D eigenvalue weighted by atomic mass is 19.1. The minimum absolute atomic E-state index is 0.00465. The van der Waals surface area contributed by atoms with Crippen molar-refractivity contribution in [3.63, 3.8) is 0 Å². The molecule has 0 aliphatic carbocycles. The lowest BCUT2D eigenvalue weighted by Gasteiger charge is -2.00. The van der Waals surface area contributed by atoms with Crippen LogP contribution in [0.5, 0.6) is 0 Å². The monoisotopic (exact) mass is 242 g/mol. The van der Waals surface area contributed by atoms with Gasteiger partial charge in [-0.1, -0.05) is 51.2 Å². The zero-order chi connectivity index (χ0) is 12.8. The molecule has 1 nitrogen and oxygen atoms in total. The molecule has 0 aliphatic rings. The van der Waals surface area contributed by atoms with E-state index in [1.807, 2.05) is 13.0 Å². The Morgan fingerprint density at radius 3 is 2.18 bits per heavy atom. The van der Waals surface area contributed by atoms with Crippen LogP contribution in [0.3, 0.4) is 0 Å². The molecule has 17 heavy (non-hydrogen) atoms. The molecule has 0 spiro atoms. The molecule has 0 radical (unpaired) electrons. The van der Waals surface area contributed by atoms with Gasteiger partial charge in [0, 0.05) is 6.61 Å². The minimum Gasteiger partial charge on any atom is -0.396 e. The van der Waals surface area contributed by atoms with E-state index in [1.165, 1.54) is 19.3 Å². The van der Waals surface area contributed by atoms with E-state index in [1.54, 1.807) is 12.2 Å². The van der Waals surface area contributed by atoms with Gasteiger partial charge in [0.25, 0.3) is 0 Å². The Hall–Kier alpha value is -0.630. The number of aliphatic hydroxyl groups is 1. The summed E-state index contributed by atoms with van der Waals surface area (Å²) in [5.41, 5.74) is 0. The van der Waals surface area contributed by atoms with E-state index in [0.717, 1.165) is 32.1 Å². The molecule has 1 N–H and O–H groups in total. The van der Waals surface area contributed by atoms with Crippen LogP contribution < -0.4 is 0 Å². The van der Waals surface area contributed by atoms with Crippen molar-refractivity contribution in [3.05, 3.63) is 24.1 Å². The third-order valence-corrected chi connectivity index (χ3v) is 2.72. The summed E-state index contributed by atoms with van der Waals surface area (Å²) in [6, 6.07) is 0. The Kier molecular flexibility index (Phi) is 12.9. The highest BCUT2D eigenvalue weighted by Crippen LogP contribution is 2.13. The minimum atomic E-state index is -0.00465. The second-order valence-electron chi connectivity index (χ2n) is 4.40. The van der Waals surface area contributed by atoms with Crippen molar-refractivity contribution in [1.82, 2.24) is 0 Å². The summed E-state index contributed by atoms with van der Waals surface area (Å²) >= 11 is 0. The molecule has 0 rings (SSSR count). The van der Waals surface area contributed by atoms with Gasteiger partial charge >= 0.3 is 0 Å². The van der Waals surface area contributed by atoms with Gasteiger partial charge in [0.1, 0.15) is 0 Å². The quantitative estimate of drug-likeness (QED) is 0.403. The maximum atomic E-state index is 13.2. The largest absolute Gasteiger partial charge is 0.396 e. The van der Waals surface area contributed by atoms with Crippen molar-refractivity contribution >= 4 is 0 Å². The normalized spacial score (nSPS) is 12.5. The molecule has 100 valence electrons. The zero-order valence-electron chi connectivity index (χ0n) is 11.1. The highest BCUT2D eigenvalue weighted by Gasteiger charge is 1.95. The lowest BCUT2D eigenvalue weighted by molar-refractivity contribution is 0.282. The Morgan fingerprint density at radius 2 is 1.59 bits per heavy atom. The Morgan fingerprint density at radius 1 is 1.00 bits per heavy atom. The van der Waals surface area contributed by atoms with Gasteiger partial charge in [0.2, 0.25) is 0 Å². The van der Waals surface area contributed by atoms with E-state index in [-0.39, 0.29) is 5.83 Å². The second kappa shape index (κ2) is 13.4. The molecule has 0 fully saturated rings. The van der Waals surface area contributed by atoms with Gasteiger partial charge in [0.05, 0.1) is 5.83 Å². The number of halogens is 1. The van der Waals surface area contributed by atoms with Gasteiger partial charge in [-0.3, -0.25) is 0 Å². The predicted octanol–water partition coefficient (Wildman–Crippen LogP) is 4.92. The lowest BCUT2D eigenvalue weighted by Crippen LogP contribution is -1.84. The van der Waals surface area contributed by atoms with Crippen LogP contribution >= 0.6 is 0 Å². The third-order valence-electron chi connectivity index (χ3n) is 2.72. The van der Waals surface area contributed by atoms with Gasteiger partial charge in [-0.2, -0.15) is 0 Å². The fraction of sp³-hybridized carbons (Fsp3) is 0.733. The van der Waals surface area contributed by atoms with Gasteiger partial charge in [0.15, 0.2) is 0 Å². The van der Waals surface area contributed by atoms with E-state index >= 15 is 0 Å². The number of allylic oxidation sites excluding steroid dienone is 4. The lowest BCUT2D eigenvalue weighted by atomic mass is 10.1. The topological polar surface area (TPSA) is 20.2 Å². The van der Waals surface area contributed by atoms with Gasteiger partial charge in [-0.15, -0.1) is 0 Å². The molecule has 0 atom stereocenters. The third kappa shape index (κ3) is 13.3. The summed E-state index contributed by atoms with van der Waals surface area (Å²) in [4.78, 5) is 0. The first-order valence-electron chi connectivity index (χ1n) is 6.93. The van der Waals surface area contributed by atoms with E-state index in [0.29, 0.717) is 13.0 Å². The summed E-state index contributed by atoms with van der Waals surface area (Å²) < 4.78 is 13.2. The first-order chi connectivity index (χ1) is 8.31. The SMILES string of the molecule is CC/C=C/C=C(/F)CCCCCCCCCO. The maximum absolute atomic E-state index is 13.2. The molecule has 2 heteroatoms. The average molecular weight is 242 g/mol. The fourth-order valence-electron chi connectivity index (χ4n) is 1.68. The molecule has 0 saturated heterocycles. The molecule has 0 amide bonds. The number of hydrogen-bond acceptors (Lipinski definition) is 1. The van der Waals surface area contributed by atoms with Crippen LogP contribution in [-0.4, -0.2) is 11.7 Å². The standard InChI is InChI=1S/C15H27FO/c1-2-3-9-12-15(16)13-10-7-5-4-6-8-11-14-17/h3,9,12,17H,2,4-8,10-11,13-14H2,1H3/b9-3+,15-12+. The van der Waals surface area contributed by atoms with Crippen LogP contribution in [0.1, 0.15) is 64.7 Å². The number of aliphatic hydroxyl groups excluding tert-OH is 1. The van der Waals surface area contributed by atoms with Crippen LogP contribution in [0.4, 0.5) is 4.39 Å². The van der Waals surface area contributed by atoms with Crippen LogP contribution in [0.2, 0.25) is 0 Å². The van der Waals surface area contributed by atoms with Crippen molar-refractivity contribution < 1.29 is 9.50 Å². The smallest absolute Gasteiger partial charge is 0.0999 e. The van der Waals surface area contributed by atoms with Crippen LogP contribution in [0.25, 0.3) is 0 Å². The summed E-state index contributed by atoms with van der Waals surface area (Å²) in [6.07, 6.45) is 14.5. The van der Waals surface area contributed by atoms with Crippen LogP contribution in [0, 0.1) is 0 Å². The fourth-order valence-corrected chi connectivity index (χ4v) is 1.68. The van der Waals surface area contributed by atoms with Gasteiger partial charge in [-0.05, 0) is 31.8 Å². The number of rotatable bonds is 11. The van der Waals surface area contributed by atoms with E-state index in [4.69, 9.17) is 5.11 Å². The number of unbranched alkanes of at least 4 members (excludes halogenated alkanes) is 6. The Labute approximate surface area is 105 Å². The first kappa shape index (κ1) is 16.4. The highest BCUT2D eigenvalue weighted by molar-refractivity contribution is 5.06. The molecule has 0 saturated carbocycles. The molecule has 0 aliphatic heterocycles. The molecule has 0 aromatic heterocycles. The maximum Gasteiger partial charge on any atom is 0.0999 e. The Bertz CT molecular complexity index is 209. The molecule has 0 heterocycles. The molecule has 0 bridgehead atoms. The first-order valence-corrected chi connectivity index (χ1v) is 6.93. The molecule has 0 aromatic rings. The molecular weight excluding hydrogens is 215 g/mol. The summed E-state index contributed by atoms with van der Waals surface area (Å²) in [5, 5.41) is 8.60. The summed E-state index contributed by atoms with van der Waals surface area (Å²) in [6.45, 7) is 2.35. The van der Waals surface area contributed by atoms with Crippen molar-refractivity contribution in [1.29, 1.82) is 0 Å². The number of hydrogen-bond donors (Lipinski definition) is 1. The van der Waals surface area contributed by atoms with Crippen molar-refractivity contribution in [2.45, 2.75) is 64.7 Å². The van der Waals surface area contributed by atoms with E-state index < -0.39 is 0 Å². The van der Waals surface area contributed by atoms with E-state index in [2.05, 4.69) is 0 Å². The van der Waals surface area contributed by atoms with Crippen molar-refractivity contribution in [2.24, 2.45) is 0 Å². The van der Waals surface area contributed by atoms with Gasteiger partial charge < -0.3 is 5.11 Å². The zero-order valence-corrected chi connectivity index (χ0v) is 11.1. The molecular formula is C15H27FO. The molecule has 0 unspecified atom stereocenters. The summed E-state index contributed by atoms with van der Waals surface area (Å²) in [7, 11) is 0. The van der Waals surface area contributed by atoms with Crippen LogP contribution in [-0.2, 0) is 0 Å². The second-order valence-corrected chi connectivity index (χ2v) is 4.40. The average Bonchev–Trinajstić information content (AvgIpc) is 2.33. The molecule has 0 aromatic carbocycles. The van der Waals surface area contributed by atoms with Crippen molar-refractivity contribution in [3.8, 4) is 0 Å². The van der Waals surface area contributed by atoms with Crippen LogP contribution in [0.15, 0.2) is 24.1 Å². The summed E-state index contributed by atoms with van der Waals surface area (Å²) in [5.74, 6) is -0.00465. The predicted molar refractivity (Wildman–Crippen MR) is 72.6 cm³/mol. The van der Waals surface area contributed by atoms with Gasteiger partial charge in [-0.25, -0.2) is 4.39 Å². The van der Waals surface area contributed by atoms with Crippen molar-refractivity contribution in [2.75, 3.05) is 6.61 Å². The van der Waals surface area contributed by atoms with E-state index in [9.17, 15) is 4.39 Å². The Balaban J connectivity index is 3.27.